The molecule has 1 unspecified atom stereocenters. The molecule has 1 aliphatic rings. The van der Waals surface area contributed by atoms with Gasteiger partial charge in [-0.25, -0.2) is 10.0 Å². The summed E-state index contributed by atoms with van der Waals surface area (Å²) in [5.41, 5.74) is 5.40. The van der Waals surface area contributed by atoms with E-state index in [-0.39, 0.29) is 19.6 Å². The Morgan fingerprint density at radius 1 is 1.09 bits per heavy atom. The van der Waals surface area contributed by atoms with E-state index in [1.807, 2.05) is 36.4 Å². The normalized spacial score (nSPS) is 23.5. The molecule has 2 amide bonds. The summed E-state index contributed by atoms with van der Waals surface area (Å²) >= 11 is 0. The van der Waals surface area contributed by atoms with Crippen molar-refractivity contribution in [2.75, 3.05) is 19.6 Å². The molecule has 0 aliphatic carbocycles. The zero-order valence-corrected chi connectivity index (χ0v) is 12.6. The quantitative estimate of drug-likeness (QED) is 0.656. The number of piperazine rings is 1. The zero-order chi connectivity index (χ0) is 16.5. The van der Waals surface area contributed by atoms with E-state index >= 15 is 0 Å². The van der Waals surface area contributed by atoms with Crippen molar-refractivity contribution in [2.24, 2.45) is 5.73 Å². The summed E-state index contributed by atoms with van der Waals surface area (Å²) in [5.74, 6) is 0. The third-order valence-electron chi connectivity index (χ3n) is 4.50. The summed E-state index contributed by atoms with van der Waals surface area (Å²) in [7, 11) is 0. The molecule has 1 fully saturated rings. The van der Waals surface area contributed by atoms with Crippen molar-refractivity contribution < 1.29 is 14.8 Å². The highest BCUT2D eigenvalue weighted by Crippen LogP contribution is 2.42. The Morgan fingerprint density at radius 2 is 1.57 bits per heavy atom. The third kappa shape index (κ3) is 2.46. The van der Waals surface area contributed by atoms with Gasteiger partial charge in [0.25, 0.3) is 0 Å². The number of rotatable bonds is 2. The fraction of sp³-hybridized carbons (Fsp3) is 0.235. The number of urea groups is 1. The molecule has 3 rings (SSSR count). The Morgan fingerprint density at radius 3 is 2.00 bits per heavy atom. The highest BCUT2D eigenvalue weighted by molar-refractivity contribution is 5.72. The average molecular weight is 313 g/mol. The second kappa shape index (κ2) is 5.66. The van der Waals surface area contributed by atoms with Gasteiger partial charge in [-0.2, -0.15) is 4.81 Å². The van der Waals surface area contributed by atoms with Gasteiger partial charge >= 0.3 is 6.03 Å². The molecule has 1 atom stereocenters. The van der Waals surface area contributed by atoms with Gasteiger partial charge in [0, 0.05) is 11.1 Å². The Bertz CT molecular complexity index is 649. The number of quaternary nitrogens is 1. The van der Waals surface area contributed by atoms with E-state index in [1.54, 1.807) is 24.3 Å². The van der Waals surface area contributed by atoms with Crippen LogP contribution in [-0.4, -0.2) is 40.6 Å². The summed E-state index contributed by atoms with van der Waals surface area (Å²) in [5, 5.41) is 23.8. The summed E-state index contributed by atoms with van der Waals surface area (Å²) in [4.78, 5) is 11.6. The molecule has 0 aromatic heterocycles. The van der Waals surface area contributed by atoms with E-state index in [0.717, 1.165) is 0 Å². The second-order valence-corrected chi connectivity index (χ2v) is 5.78. The van der Waals surface area contributed by atoms with Gasteiger partial charge in [0.15, 0.2) is 5.54 Å². The monoisotopic (exact) mass is 313 g/mol. The van der Waals surface area contributed by atoms with E-state index < -0.39 is 16.4 Å². The van der Waals surface area contributed by atoms with Crippen molar-refractivity contribution in [3.05, 3.63) is 77.0 Å². The summed E-state index contributed by atoms with van der Waals surface area (Å²) < 4.78 is 0. The maximum Gasteiger partial charge on any atom is 0.315 e. The van der Waals surface area contributed by atoms with Crippen molar-refractivity contribution in [1.29, 1.82) is 0 Å². The topological polar surface area (TPSA) is 89.6 Å². The van der Waals surface area contributed by atoms with Crippen LogP contribution in [0.3, 0.4) is 0 Å². The largest absolute Gasteiger partial charge is 0.597 e. The lowest BCUT2D eigenvalue weighted by Gasteiger charge is -2.55. The Kier molecular flexibility index (Phi) is 3.81. The average Bonchev–Trinajstić information content (AvgIpc) is 2.56. The maximum absolute atomic E-state index is 13.1. The van der Waals surface area contributed by atoms with Crippen LogP contribution in [0, 0.1) is 5.21 Å². The molecule has 2 aromatic carbocycles. The number of benzene rings is 2. The summed E-state index contributed by atoms with van der Waals surface area (Å²) in [6.45, 7) is -0.000160. The number of nitrogens with zero attached hydrogens (tertiary/aromatic N) is 2. The van der Waals surface area contributed by atoms with Crippen LogP contribution in [0.5, 0.6) is 0 Å². The molecule has 0 saturated carbocycles. The van der Waals surface area contributed by atoms with Crippen LogP contribution >= 0.6 is 0 Å². The number of hydrogen-bond donors (Lipinski definition) is 2. The van der Waals surface area contributed by atoms with E-state index in [0.29, 0.717) is 11.1 Å². The number of hydroxylamine groups is 4. The van der Waals surface area contributed by atoms with Crippen LogP contribution in [0.25, 0.3) is 0 Å². The molecule has 120 valence electrons. The first-order valence-corrected chi connectivity index (χ1v) is 7.45. The van der Waals surface area contributed by atoms with Gasteiger partial charge in [0.1, 0.15) is 6.54 Å². The zero-order valence-electron chi connectivity index (χ0n) is 12.6. The van der Waals surface area contributed by atoms with Gasteiger partial charge in [0.2, 0.25) is 0 Å². The lowest BCUT2D eigenvalue weighted by atomic mass is 9.80. The second-order valence-electron chi connectivity index (χ2n) is 5.78. The summed E-state index contributed by atoms with van der Waals surface area (Å²) in [6, 6.07) is 17.5. The molecule has 23 heavy (non-hydrogen) atoms. The Balaban J connectivity index is 2.23. The fourth-order valence-electron chi connectivity index (χ4n) is 3.28. The highest BCUT2D eigenvalue weighted by Gasteiger charge is 2.54. The maximum atomic E-state index is 13.1. The predicted molar refractivity (Wildman–Crippen MR) is 85.1 cm³/mol. The van der Waals surface area contributed by atoms with Gasteiger partial charge in [-0.05, 0) is 0 Å². The first kappa shape index (κ1) is 15.5. The number of amides is 2. The number of carbonyl (C=O) groups excluding carboxylic acids is 1. The molecule has 0 spiro atoms. The summed E-state index contributed by atoms with van der Waals surface area (Å²) in [6.07, 6.45) is 0. The first-order valence-electron chi connectivity index (χ1n) is 7.45. The molecule has 0 radical (unpaired) electrons. The molecule has 3 N–H and O–H groups in total. The fourth-order valence-corrected chi connectivity index (χ4v) is 3.28. The van der Waals surface area contributed by atoms with Crippen LogP contribution < -0.4 is 5.73 Å². The third-order valence-corrected chi connectivity index (χ3v) is 4.50. The SMILES string of the molecule is NC(=O)N1CC[N+]([O-])(O)C(c2ccccc2)(c2ccccc2)C1. The molecule has 2 aromatic rings. The smallest absolute Gasteiger partial charge is 0.315 e. The van der Waals surface area contributed by atoms with E-state index in [1.165, 1.54) is 4.90 Å². The van der Waals surface area contributed by atoms with Crippen LogP contribution in [0.1, 0.15) is 11.1 Å². The van der Waals surface area contributed by atoms with Gasteiger partial charge < -0.3 is 15.8 Å². The first-order chi connectivity index (χ1) is 11.0. The predicted octanol–water partition coefficient (Wildman–Crippen LogP) is 2.03. The number of carbonyl (C=O) groups is 1. The van der Waals surface area contributed by atoms with Crippen molar-refractivity contribution >= 4 is 6.03 Å². The minimum absolute atomic E-state index is 0.0242. The van der Waals surface area contributed by atoms with Crippen molar-refractivity contribution in [1.82, 2.24) is 4.90 Å². The van der Waals surface area contributed by atoms with Crippen LogP contribution in [-0.2, 0) is 5.54 Å². The van der Waals surface area contributed by atoms with Gasteiger partial charge in [-0.1, -0.05) is 60.7 Å². The highest BCUT2D eigenvalue weighted by atomic mass is 16.8. The molecule has 1 heterocycles. The Labute approximate surface area is 134 Å². The minimum atomic E-state index is -1.47. The lowest BCUT2D eigenvalue weighted by molar-refractivity contribution is -1.11. The molecule has 1 saturated heterocycles. The van der Waals surface area contributed by atoms with Crippen molar-refractivity contribution in [2.45, 2.75) is 5.54 Å². The van der Waals surface area contributed by atoms with Crippen LogP contribution in [0.15, 0.2) is 60.7 Å². The number of nitrogens with two attached hydrogens (primary N) is 1. The van der Waals surface area contributed by atoms with E-state index in [9.17, 15) is 15.2 Å². The molecular formula is C17H19N3O3. The van der Waals surface area contributed by atoms with Crippen LogP contribution in [0.2, 0.25) is 0 Å². The minimum Gasteiger partial charge on any atom is -0.597 e. The lowest BCUT2D eigenvalue weighted by Crippen LogP contribution is -2.69. The number of hydrogen-bond acceptors (Lipinski definition) is 3. The molecular weight excluding hydrogens is 294 g/mol. The van der Waals surface area contributed by atoms with Gasteiger partial charge in [-0.15, -0.1) is 0 Å². The van der Waals surface area contributed by atoms with Crippen molar-refractivity contribution in [3.63, 3.8) is 0 Å². The molecule has 6 heteroatoms. The van der Waals surface area contributed by atoms with E-state index in [2.05, 4.69) is 0 Å². The number of primary amides is 1. The standard InChI is InChI=1S/C17H19N3O3/c18-16(21)19-11-12-20(22,23)17(13-19,14-7-3-1-4-8-14)15-9-5-2-6-10-15/h1-10,22H,11-13H2,(H2,18,21). The molecule has 6 nitrogen and oxygen atoms in total. The van der Waals surface area contributed by atoms with Crippen molar-refractivity contribution in [3.8, 4) is 0 Å². The van der Waals surface area contributed by atoms with Gasteiger partial charge in [-0.3, -0.25) is 0 Å². The van der Waals surface area contributed by atoms with E-state index in [4.69, 9.17) is 5.73 Å². The molecule has 1 aliphatic heterocycles. The van der Waals surface area contributed by atoms with Gasteiger partial charge in [0.05, 0.1) is 13.1 Å². The molecule has 0 bridgehead atoms. The Hall–Kier alpha value is -2.41. The van der Waals surface area contributed by atoms with Crippen LogP contribution in [0.4, 0.5) is 4.79 Å².